The zero-order chi connectivity index (χ0) is 13.2. The molecule has 0 aromatic heterocycles. The molecule has 0 bridgehead atoms. The Morgan fingerprint density at radius 3 is 2.72 bits per heavy atom. The molecule has 0 radical (unpaired) electrons. The van der Waals surface area contributed by atoms with Crippen LogP contribution >= 0.6 is 0 Å². The zero-order valence-corrected chi connectivity index (χ0v) is 11.3. The summed E-state index contributed by atoms with van der Waals surface area (Å²) in [7, 11) is -2.89. The maximum absolute atomic E-state index is 11.7. The highest BCUT2D eigenvalue weighted by atomic mass is 32.2. The van der Waals surface area contributed by atoms with Crippen LogP contribution in [0.5, 0.6) is 0 Å². The summed E-state index contributed by atoms with van der Waals surface area (Å²) < 4.78 is 23.4. The fourth-order valence-electron chi connectivity index (χ4n) is 2.74. The molecule has 4 heteroatoms. The summed E-state index contributed by atoms with van der Waals surface area (Å²) in [6, 6.07) is 7.44. The molecule has 2 unspecified atom stereocenters. The second-order valence-corrected chi connectivity index (χ2v) is 7.28. The van der Waals surface area contributed by atoms with Gasteiger partial charge in [0, 0.05) is 5.56 Å². The van der Waals surface area contributed by atoms with Gasteiger partial charge in [-0.3, -0.25) is 4.79 Å². The molecule has 0 saturated carbocycles. The fraction of sp³-hybridized carbons (Fsp3) is 0.500. The Bertz CT molecular complexity index is 534. The van der Waals surface area contributed by atoms with Crippen LogP contribution in [0, 0.1) is 5.92 Å². The Labute approximate surface area is 108 Å². The maximum Gasteiger partial charge on any atom is 0.150 e. The lowest BCUT2D eigenvalue weighted by atomic mass is 9.84. The van der Waals surface area contributed by atoms with Gasteiger partial charge in [0.15, 0.2) is 9.84 Å². The number of benzene rings is 1. The normalized spacial score (nSPS) is 24.4. The molecular formula is C14H18O3S. The molecule has 3 nitrogen and oxygen atoms in total. The van der Waals surface area contributed by atoms with Crippen molar-refractivity contribution in [2.24, 2.45) is 5.92 Å². The Morgan fingerprint density at radius 2 is 2.06 bits per heavy atom. The summed E-state index contributed by atoms with van der Waals surface area (Å²) in [4.78, 5) is 11.0. The largest absolute Gasteiger partial charge is 0.298 e. The Morgan fingerprint density at radius 1 is 1.33 bits per heavy atom. The second-order valence-electron chi connectivity index (χ2n) is 5.05. The van der Waals surface area contributed by atoms with Crippen molar-refractivity contribution >= 4 is 16.1 Å². The highest BCUT2D eigenvalue weighted by Gasteiger charge is 2.30. The second kappa shape index (κ2) is 5.22. The number of hydrogen-bond donors (Lipinski definition) is 0. The van der Waals surface area contributed by atoms with Crippen molar-refractivity contribution in [1.82, 2.24) is 0 Å². The van der Waals surface area contributed by atoms with Crippen molar-refractivity contribution in [2.75, 3.05) is 11.5 Å². The quantitative estimate of drug-likeness (QED) is 0.789. The minimum absolute atomic E-state index is 0.112. The molecule has 18 heavy (non-hydrogen) atoms. The molecule has 2 atom stereocenters. The monoisotopic (exact) mass is 266 g/mol. The van der Waals surface area contributed by atoms with Crippen molar-refractivity contribution in [1.29, 1.82) is 0 Å². The first-order chi connectivity index (χ1) is 8.53. The van der Waals surface area contributed by atoms with Gasteiger partial charge in [0.05, 0.1) is 11.5 Å². The van der Waals surface area contributed by atoms with Crippen molar-refractivity contribution in [3.63, 3.8) is 0 Å². The van der Waals surface area contributed by atoms with Crippen LogP contribution in [0.3, 0.4) is 0 Å². The van der Waals surface area contributed by atoms with Gasteiger partial charge in [0.1, 0.15) is 6.29 Å². The summed E-state index contributed by atoms with van der Waals surface area (Å²) in [6.07, 6.45) is 2.51. The summed E-state index contributed by atoms with van der Waals surface area (Å²) in [5.41, 5.74) is 1.64. The molecule has 2 rings (SSSR count). The molecule has 1 fully saturated rings. The average molecular weight is 266 g/mol. The van der Waals surface area contributed by atoms with Crippen molar-refractivity contribution < 1.29 is 13.2 Å². The minimum Gasteiger partial charge on any atom is -0.298 e. The van der Waals surface area contributed by atoms with Crippen molar-refractivity contribution in [3.8, 4) is 0 Å². The summed E-state index contributed by atoms with van der Waals surface area (Å²) in [6.45, 7) is 2.02. The average Bonchev–Trinajstić information content (AvgIpc) is 2.36. The molecule has 1 aliphatic heterocycles. The molecule has 1 saturated heterocycles. The van der Waals surface area contributed by atoms with Crippen molar-refractivity contribution in [2.45, 2.75) is 25.7 Å². The summed E-state index contributed by atoms with van der Waals surface area (Å²) >= 11 is 0. The lowest BCUT2D eigenvalue weighted by Crippen LogP contribution is -2.28. The number of sulfone groups is 1. The molecule has 98 valence electrons. The van der Waals surface area contributed by atoms with Gasteiger partial charge in [-0.2, -0.15) is 0 Å². The third-order valence-corrected chi connectivity index (χ3v) is 5.67. The topological polar surface area (TPSA) is 51.2 Å². The van der Waals surface area contributed by atoms with E-state index in [0.29, 0.717) is 11.3 Å². The van der Waals surface area contributed by atoms with E-state index in [1.54, 1.807) is 6.07 Å². The molecule has 0 spiro atoms. The third-order valence-electron chi connectivity index (χ3n) is 3.82. The molecule has 1 aliphatic rings. The van der Waals surface area contributed by atoms with E-state index in [1.807, 2.05) is 25.1 Å². The number of rotatable bonds is 3. The van der Waals surface area contributed by atoms with Gasteiger partial charge in [0.2, 0.25) is 0 Å². The first-order valence-electron chi connectivity index (χ1n) is 6.28. The molecule has 1 aromatic rings. The van der Waals surface area contributed by atoms with Crippen LogP contribution in [0.2, 0.25) is 0 Å². The number of carbonyl (C=O) groups excluding carboxylic acids is 1. The first-order valence-corrected chi connectivity index (χ1v) is 8.10. The van der Waals surface area contributed by atoms with Gasteiger partial charge in [-0.1, -0.05) is 31.2 Å². The fourth-order valence-corrected chi connectivity index (χ4v) is 4.62. The SMILES string of the molecule is CC(c1ccccc1C=O)C1CCCS(=O)(=O)C1. The Balaban J connectivity index is 2.25. The Kier molecular flexibility index (Phi) is 3.85. The maximum atomic E-state index is 11.7. The van der Waals surface area contributed by atoms with Gasteiger partial charge in [-0.25, -0.2) is 8.42 Å². The smallest absolute Gasteiger partial charge is 0.150 e. The van der Waals surface area contributed by atoms with Crippen molar-refractivity contribution in [3.05, 3.63) is 35.4 Å². The van der Waals surface area contributed by atoms with Gasteiger partial charge in [-0.05, 0) is 30.2 Å². The van der Waals surface area contributed by atoms with Crippen LogP contribution < -0.4 is 0 Å². The third kappa shape index (κ3) is 2.80. The van der Waals surface area contributed by atoms with Gasteiger partial charge in [0.25, 0.3) is 0 Å². The van der Waals surface area contributed by atoms with Crippen LogP contribution in [0.25, 0.3) is 0 Å². The van der Waals surface area contributed by atoms with E-state index < -0.39 is 9.84 Å². The van der Waals surface area contributed by atoms with E-state index in [0.717, 1.165) is 24.7 Å². The van der Waals surface area contributed by atoms with Crippen LogP contribution in [-0.2, 0) is 9.84 Å². The molecule has 1 aromatic carbocycles. The lowest BCUT2D eigenvalue weighted by molar-refractivity contribution is 0.112. The molecule has 0 N–H and O–H groups in total. The lowest BCUT2D eigenvalue weighted by Gasteiger charge is -2.28. The molecule has 0 aliphatic carbocycles. The van der Waals surface area contributed by atoms with Gasteiger partial charge >= 0.3 is 0 Å². The highest BCUT2D eigenvalue weighted by Crippen LogP contribution is 2.33. The van der Waals surface area contributed by atoms with E-state index in [-0.39, 0.29) is 17.6 Å². The molecule has 0 amide bonds. The van der Waals surface area contributed by atoms with E-state index in [2.05, 4.69) is 0 Å². The Hall–Kier alpha value is -1.16. The van der Waals surface area contributed by atoms with Gasteiger partial charge in [-0.15, -0.1) is 0 Å². The van der Waals surface area contributed by atoms with E-state index in [4.69, 9.17) is 0 Å². The van der Waals surface area contributed by atoms with E-state index in [1.165, 1.54) is 0 Å². The van der Waals surface area contributed by atoms with Crippen LogP contribution in [0.15, 0.2) is 24.3 Å². The first kappa shape index (κ1) is 13.3. The van der Waals surface area contributed by atoms with E-state index in [9.17, 15) is 13.2 Å². The van der Waals surface area contributed by atoms with Crippen LogP contribution in [0.1, 0.15) is 41.6 Å². The summed E-state index contributed by atoms with van der Waals surface area (Å²) in [5, 5.41) is 0. The highest BCUT2D eigenvalue weighted by molar-refractivity contribution is 7.91. The predicted molar refractivity (Wildman–Crippen MR) is 71.6 cm³/mol. The van der Waals surface area contributed by atoms with E-state index >= 15 is 0 Å². The summed E-state index contributed by atoms with van der Waals surface area (Å²) in [5.74, 6) is 0.804. The molecule has 1 heterocycles. The predicted octanol–water partition coefficient (Wildman–Crippen LogP) is 2.43. The molecular weight excluding hydrogens is 248 g/mol. The number of carbonyl (C=O) groups is 1. The minimum atomic E-state index is -2.89. The standard InChI is InChI=1S/C14H18O3S/c1-11(13-6-4-8-18(16,17)10-13)14-7-3-2-5-12(14)9-15/h2-3,5,7,9,11,13H,4,6,8,10H2,1H3. The van der Waals surface area contributed by atoms with Crippen LogP contribution in [0.4, 0.5) is 0 Å². The van der Waals surface area contributed by atoms with Gasteiger partial charge < -0.3 is 0 Å². The van der Waals surface area contributed by atoms with Crippen LogP contribution in [-0.4, -0.2) is 26.2 Å². The zero-order valence-electron chi connectivity index (χ0n) is 10.5. The number of hydrogen-bond acceptors (Lipinski definition) is 3. The number of aldehydes is 1.